The van der Waals surface area contributed by atoms with E-state index in [0.717, 1.165) is 28.2 Å². The number of H-pyrrole nitrogens is 1. The number of hydrogen-bond donors (Lipinski definition) is 1. The SMILES string of the molecule is COc1ccccc1-c1cnc2[nH]ccc2n1. The molecule has 0 spiro atoms. The van der Waals surface area contributed by atoms with Crippen LogP contribution in [0.5, 0.6) is 5.75 Å². The molecule has 0 bridgehead atoms. The molecule has 3 rings (SSSR count). The van der Waals surface area contributed by atoms with Crippen molar-refractivity contribution in [2.24, 2.45) is 0 Å². The molecule has 0 aliphatic rings. The first kappa shape index (κ1) is 9.84. The van der Waals surface area contributed by atoms with Crippen LogP contribution >= 0.6 is 0 Å². The average molecular weight is 225 g/mol. The summed E-state index contributed by atoms with van der Waals surface area (Å²) in [5.74, 6) is 0.802. The normalized spacial score (nSPS) is 10.6. The first-order valence-electron chi connectivity index (χ1n) is 5.32. The van der Waals surface area contributed by atoms with E-state index in [0.29, 0.717) is 0 Å². The van der Waals surface area contributed by atoms with E-state index in [1.165, 1.54) is 0 Å². The summed E-state index contributed by atoms with van der Waals surface area (Å²) in [5, 5.41) is 0. The van der Waals surface area contributed by atoms with Gasteiger partial charge in [-0.05, 0) is 18.2 Å². The van der Waals surface area contributed by atoms with Crippen LogP contribution in [0.25, 0.3) is 22.4 Å². The maximum absolute atomic E-state index is 5.32. The van der Waals surface area contributed by atoms with Crippen molar-refractivity contribution in [1.82, 2.24) is 15.0 Å². The van der Waals surface area contributed by atoms with Crippen molar-refractivity contribution in [3.63, 3.8) is 0 Å². The van der Waals surface area contributed by atoms with Gasteiger partial charge in [0.05, 0.1) is 19.0 Å². The Bertz CT molecular complexity index is 660. The van der Waals surface area contributed by atoms with Gasteiger partial charge in [0.2, 0.25) is 0 Å². The quantitative estimate of drug-likeness (QED) is 0.729. The zero-order valence-corrected chi connectivity index (χ0v) is 9.34. The number of fused-ring (bicyclic) bond motifs is 1. The van der Waals surface area contributed by atoms with Crippen LogP contribution in [0, 0.1) is 0 Å². The summed E-state index contributed by atoms with van der Waals surface area (Å²) in [5.41, 5.74) is 3.41. The summed E-state index contributed by atoms with van der Waals surface area (Å²) in [6.07, 6.45) is 3.58. The lowest BCUT2D eigenvalue weighted by Gasteiger charge is -2.06. The van der Waals surface area contributed by atoms with Gasteiger partial charge in [-0.15, -0.1) is 0 Å². The number of benzene rings is 1. The zero-order chi connectivity index (χ0) is 11.7. The van der Waals surface area contributed by atoms with Crippen LogP contribution in [0.15, 0.2) is 42.7 Å². The van der Waals surface area contributed by atoms with Gasteiger partial charge in [0.15, 0.2) is 5.65 Å². The lowest BCUT2D eigenvalue weighted by Crippen LogP contribution is -1.91. The van der Waals surface area contributed by atoms with Crippen LogP contribution in [0.2, 0.25) is 0 Å². The molecular formula is C13H11N3O. The van der Waals surface area contributed by atoms with Crippen molar-refractivity contribution in [1.29, 1.82) is 0 Å². The molecule has 3 aromatic rings. The first-order valence-corrected chi connectivity index (χ1v) is 5.32. The number of aromatic amines is 1. The third-order valence-corrected chi connectivity index (χ3v) is 2.64. The summed E-state index contributed by atoms with van der Waals surface area (Å²) in [4.78, 5) is 11.9. The van der Waals surface area contributed by atoms with Gasteiger partial charge < -0.3 is 9.72 Å². The molecule has 84 valence electrons. The molecule has 2 aromatic heterocycles. The highest BCUT2D eigenvalue weighted by Crippen LogP contribution is 2.28. The Hall–Kier alpha value is -2.36. The van der Waals surface area contributed by atoms with Gasteiger partial charge in [0.25, 0.3) is 0 Å². The smallest absolute Gasteiger partial charge is 0.156 e. The summed E-state index contributed by atoms with van der Waals surface area (Å²) in [6.45, 7) is 0. The highest BCUT2D eigenvalue weighted by molar-refractivity contribution is 5.75. The van der Waals surface area contributed by atoms with Gasteiger partial charge in [-0.1, -0.05) is 12.1 Å². The molecule has 4 nitrogen and oxygen atoms in total. The van der Waals surface area contributed by atoms with E-state index in [4.69, 9.17) is 4.74 Å². The highest BCUT2D eigenvalue weighted by Gasteiger charge is 2.07. The average Bonchev–Trinajstić information content (AvgIpc) is 2.85. The van der Waals surface area contributed by atoms with Crippen LogP contribution in [-0.4, -0.2) is 22.1 Å². The molecule has 0 aliphatic carbocycles. The van der Waals surface area contributed by atoms with Crippen molar-refractivity contribution in [3.05, 3.63) is 42.7 Å². The first-order chi connectivity index (χ1) is 8.38. The molecule has 0 aliphatic heterocycles. The fraction of sp³-hybridized carbons (Fsp3) is 0.0769. The number of nitrogens with one attached hydrogen (secondary N) is 1. The Labute approximate surface area is 98.3 Å². The Morgan fingerprint density at radius 1 is 1.18 bits per heavy atom. The van der Waals surface area contributed by atoms with Crippen LogP contribution in [0.1, 0.15) is 0 Å². The van der Waals surface area contributed by atoms with Gasteiger partial charge in [-0.25, -0.2) is 9.97 Å². The minimum absolute atomic E-state index is 0.795. The van der Waals surface area contributed by atoms with E-state index in [-0.39, 0.29) is 0 Å². The molecule has 0 amide bonds. The molecule has 0 atom stereocenters. The Morgan fingerprint density at radius 3 is 2.94 bits per heavy atom. The lowest BCUT2D eigenvalue weighted by atomic mass is 10.1. The molecule has 0 unspecified atom stereocenters. The molecule has 0 saturated heterocycles. The minimum atomic E-state index is 0.795. The Morgan fingerprint density at radius 2 is 2.06 bits per heavy atom. The van der Waals surface area contributed by atoms with E-state index >= 15 is 0 Å². The van der Waals surface area contributed by atoms with E-state index < -0.39 is 0 Å². The van der Waals surface area contributed by atoms with Crippen molar-refractivity contribution in [2.75, 3.05) is 7.11 Å². The fourth-order valence-electron chi connectivity index (χ4n) is 1.82. The standard InChI is InChI=1S/C13H11N3O/c1-17-12-5-3-2-4-9(12)11-8-15-13-10(16-11)6-7-14-13/h2-8H,1H3,(H,14,15). The second kappa shape index (κ2) is 3.90. The number of para-hydroxylation sites is 1. The third-order valence-electron chi connectivity index (χ3n) is 2.64. The van der Waals surface area contributed by atoms with Gasteiger partial charge in [-0.2, -0.15) is 0 Å². The van der Waals surface area contributed by atoms with Crippen molar-refractivity contribution < 1.29 is 4.74 Å². The van der Waals surface area contributed by atoms with Crippen LogP contribution in [0.3, 0.4) is 0 Å². The van der Waals surface area contributed by atoms with Crippen molar-refractivity contribution in [2.45, 2.75) is 0 Å². The molecule has 0 saturated carbocycles. The second-order valence-corrected chi connectivity index (χ2v) is 3.67. The number of nitrogens with zero attached hydrogens (tertiary/aromatic N) is 2. The van der Waals surface area contributed by atoms with Gasteiger partial charge in [0, 0.05) is 11.8 Å². The molecule has 1 aromatic carbocycles. The van der Waals surface area contributed by atoms with E-state index in [9.17, 15) is 0 Å². The Balaban J connectivity index is 2.19. The van der Waals surface area contributed by atoms with Gasteiger partial charge in [-0.3, -0.25) is 0 Å². The molecule has 2 heterocycles. The highest BCUT2D eigenvalue weighted by atomic mass is 16.5. The van der Waals surface area contributed by atoms with Crippen molar-refractivity contribution >= 4 is 11.2 Å². The third kappa shape index (κ3) is 1.63. The predicted octanol–water partition coefficient (Wildman–Crippen LogP) is 2.63. The number of rotatable bonds is 2. The lowest BCUT2D eigenvalue weighted by molar-refractivity contribution is 0.416. The number of ether oxygens (including phenoxy) is 1. The summed E-state index contributed by atoms with van der Waals surface area (Å²) in [7, 11) is 1.65. The van der Waals surface area contributed by atoms with Gasteiger partial charge >= 0.3 is 0 Å². The summed E-state index contributed by atoms with van der Waals surface area (Å²) in [6, 6.07) is 9.69. The summed E-state index contributed by atoms with van der Waals surface area (Å²) < 4.78 is 5.32. The molecule has 0 fully saturated rings. The predicted molar refractivity (Wildman–Crippen MR) is 65.9 cm³/mol. The van der Waals surface area contributed by atoms with E-state index in [1.54, 1.807) is 13.3 Å². The molecule has 4 heteroatoms. The minimum Gasteiger partial charge on any atom is -0.496 e. The maximum atomic E-state index is 5.32. The van der Waals surface area contributed by atoms with E-state index in [2.05, 4.69) is 15.0 Å². The zero-order valence-electron chi connectivity index (χ0n) is 9.34. The topological polar surface area (TPSA) is 50.8 Å². The van der Waals surface area contributed by atoms with Gasteiger partial charge in [0.1, 0.15) is 11.3 Å². The van der Waals surface area contributed by atoms with Crippen LogP contribution in [-0.2, 0) is 0 Å². The number of methoxy groups -OCH3 is 1. The second-order valence-electron chi connectivity index (χ2n) is 3.67. The Kier molecular flexibility index (Phi) is 2.26. The van der Waals surface area contributed by atoms with Crippen molar-refractivity contribution in [3.8, 4) is 17.0 Å². The van der Waals surface area contributed by atoms with Crippen LogP contribution in [0.4, 0.5) is 0 Å². The molecule has 17 heavy (non-hydrogen) atoms. The van der Waals surface area contributed by atoms with Crippen LogP contribution < -0.4 is 4.74 Å². The monoisotopic (exact) mass is 225 g/mol. The maximum Gasteiger partial charge on any atom is 0.156 e. The molecule has 0 radical (unpaired) electrons. The summed E-state index contributed by atoms with van der Waals surface area (Å²) >= 11 is 0. The number of hydrogen-bond acceptors (Lipinski definition) is 3. The number of aromatic nitrogens is 3. The van der Waals surface area contributed by atoms with E-state index in [1.807, 2.05) is 36.5 Å². The molecular weight excluding hydrogens is 214 g/mol. The molecule has 1 N–H and O–H groups in total. The fourth-order valence-corrected chi connectivity index (χ4v) is 1.82. The largest absolute Gasteiger partial charge is 0.496 e.